The van der Waals surface area contributed by atoms with Gasteiger partial charge in [-0.05, 0) is 54.8 Å². The van der Waals surface area contributed by atoms with Gasteiger partial charge in [-0.15, -0.1) is 0 Å². The summed E-state index contributed by atoms with van der Waals surface area (Å²) in [6.07, 6.45) is 0. The van der Waals surface area contributed by atoms with Crippen LogP contribution in [-0.2, 0) is 5.54 Å². The molecule has 2 aromatic carbocycles. The highest BCUT2D eigenvalue weighted by Gasteiger charge is 2.25. The van der Waals surface area contributed by atoms with Crippen molar-refractivity contribution < 1.29 is 4.74 Å². The van der Waals surface area contributed by atoms with Crippen molar-refractivity contribution in [3.8, 4) is 5.75 Å². The number of hydrogen-bond donors (Lipinski definition) is 1. The molecule has 0 aliphatic heterocycles. The summed E-state index contributed by atoms with van der Waals surface area (Å²) in [6.45, 7) is 4.09. The average molecular weight is 320 g/mol. The number of ether oxygens (including phenoxy) is 1. The van der Waals surface area contributed by atoms with Crippen molar-refractivity contribution in [2.75, 3.05) is 7.11 Å². The van der Waals surface area contributed by atoms with E-state index in [4.69, 9.17) is 10.5 Å². The Morgan fingerprint density at radius 3 is 2.26 bits per heavy atom. The Balaban J connectivity index is 2.46. The van der Waals surface area contributed by atoms with Crippen molar-refractivity contribution in [2.24, 2.45) is 5.73 Å². The Labute approximate surface area is 122 Å². The fourth-order valence-electron chi connectivity index (χ4n) is 2.30. The lowest BCUT2D eigenvalue weighted by molar-refractivity contribution is 0.414. The SMILES string of the molecule is COc1ccc(C(C)(N)c2ccc(Br)cc2)c(C)c1. The second-order valence-electron chi connectivity index (χ2n) is 4.89. The molecule has 0 aliphatic rings. The Kier molecular flexibility index (Phi) is 3.97. The first kappa shape index (κ1) is 14.1. The molecule has 2 aromatic rings. The van der Waals surface area contributed by atoms with Crippen LogP contribution < -0.4 is 10.5 Å². The highest BCUT2D eigenvalue weighted by molar-refractivity contribution is 9.10. The fourth-order valence-corrected chi connectivity index (χ4v) is 2.56. The van der Waals surface area contributed by atoms with E-state index in [0.717, 1.165) is 26.9 Å². The third-order valence-corrected chi connectivity index (χ3v) is 3.97. The van der Waals surface area contributed by atoms with Crippen LogP contribution in [0.15, 0.2) is 46.9 Å². The standard InChI is InChI=1S/C16H18BrNO/c1-11-10-14(19-3)8-9-15(11)16(2,18)12-4-6-13(17)7-5-12/h4-10H,18H2,1-3H3. The van der Waals surface area contributed by atoms with E-state index in [2.05, 4.69) is 22.9 Å². The molecule has 100 valence electrons. The van der Waals surface area contributed by atoms with Crippen LogP contribution in [0.4, 0.5) is 0 Å². The maximum absolute atomic E-state index is 6.55. The molecule has 2 nitrogen and oxygen atoms in total. The monoisotopic (exact) mass is 319 g/mol. The van der Waals surface area contributed by atoms with Crippen LogP contribution in [0.3, 0.4) is 0 Å². The smallest absolute Gasteiger partial charge is 0.119 e. The minimum atomic E-state index is -0.517. The molecule has 0 spiro atoms. The first-order valence-electron chi connectivity index (χ1n) is 6.15. The predicted molar refractivity (Wildman–Crippen MR) is 82.5 cm³/mol. The number of hydrogen-bond acceptors (Lipinski definition) is 2. The Morgan fingerprint density at radius 2 is 1.74 bits per heavy atom. The lowest BCUT2D eigenvalue weighted by Gasteiger charge is -2.28. The number of nitrogens with two attached hydrogens (primary N) is 1. The first-order chi connectivity index (χ1) is 8.95. The number of aryl methyl sites for hydroxylation is 1. The van der Waals surface area contributed by atoms with Gasteiger partial charge in [-0.2, -0.15) is 0 Å². The zero-order valence-corrected chi connectivity index (χ0v) is 13.0. The molecule has 0 bridgehead atoms. The van der Waals surface area contributed by atoms with Crippen molar-refractivity contribution in [3.05, 3.63) is 63.6 Å². The van der Waals surface area contributed by atoms with E-state index in [1.54, 1.807) is 7.11 Å². The van der Waals surface area contributed by atoms with E-state index in [1.165, 1.54) is 0 Å². The van der Waals surface area contributed by atoms with Crippen LogP contribution >= 0.6 is 15.9 Å². The zero-order valence-electron chi connectivity index (χ0n) is 11.4. The zero-order chi connectivity index (χ0) is 14.0. The third-order valence-electron chi connectivity index (χ3n) is 3.44. The Hall–Kier alpha value is -1.32. The van der Waals surface area contributed by atoms with Gasteiger partial charge in [0.25, 0.3) is 0 Å². The molecule has 1 atom stereocenters. The van der Waals surface area contributed by atoms with Gasteiger partial charge < -0.3 is 10.5 Å². The Morgan fingerprint density at radius 1 is 1.11 bits per heavy atom. The van der Waals surface area contributed by atoms with Crippen LogP contribution in [0.25, 0.3) is 0 Å². The third kappa shape index (κ3) is 2.82. The summed E-state index contributed by atoms with van der Waals surface area (Å²) in [5.41, 5.74) is 9.35. The second-order valence-corrected chi connectivity index (χ2v) is 5.81. The molecule has 2 rings (SSSR count). The summed E-state index contributed by atoms with van der Waals surface area (Å²) in [7, 11) is 1.67. The van der Waals surface area contributed by atoms with Crippen LogP contribution in [0, 0.1) is 6.92 Å². The van der Waals surface area contributed by atoms with Crippen molar-refractivity contribution in [3.63, 3.8) is 0 Å². The van der Waals surface area contributed by atoms with Crippen molar-refractivity contribution in [1.82, 2.24) is 0 Å². The highest BCUT2D eigenvalue weighted by atomic mass is 79.9. The van der Waals surface area contributed by atoms with Gasteiger partial charge in [0.05, 0.1) is 12.6 Å². The number of rotatable bonds is 3. The van der Waals surface area contributed by atoms with E-state index in [-0.39, 0.29) is 0 Å². The minimum absolute atomic E-state index is 0.517. The van der Waals surface area contributed by atoms with E-state index in [1.807, 2.05) is 49.4 Å². The normalized spacial score (nSPS) is 13.9. The molecule has 0 saturated carbocycles. The van der Waals surface area contributed by atoms with Crippen LogP contribution in [0.2, 0.25) is 0 Å². The van der Waals surface area contributed by atoms with Gasteiger partial charge >= 0.3 is 0 Å². The topological polar surface area (TPSA) is 35.2 Å². The summed E-state index contributed by atoms with van der Waals surface area (Å²) in [4.78, 5) is 0. The summed E-state index contributed by atoms with van der Waals surface area (Å²) in [6, 6.07) is 14.1. The molecule has 0 aliphatic carbocycles. The van der Waals surface area contributed by atoms with Gasteiger partial charge in [0.1, 0.15) is 5.75 Å². The van der Waals surface area contributed by atoms with Crippen LogP contribution in [0.1, 0.15) is 23.6 Å². The quantitative estimate of drug-likeness (QED) is 0.928. The molecular formula is C16H18BrNO. The molecule has 0 aromatic heterocycles. The van der Waals surface area contributed by atoms with E-state index < -0.39 is 5.54 Å². The molecule has 3 heteroatoms. The van der Waals surface area contributed by atoms with Gasteiger partial charge in [-0.3, -0.25) is 0 Å². The summed E-state index contributed by atoms with van der Waals surface area (Å²) in [5.74, 6) is 0.854. The molecule has 19 heavy (non-hydrogen) atoms. The number of halogens is 1. The predicted octanol–water partition coefficient (Wildman–Crippen LogP) is 3.99. The lowest BCUT2D eigenvalue weighted by atomic mass is 9.83. The van der Waals surface area contributed by atoms with Crippen molar-refractivity contribution in [1.29, 1.82) is 0 Å². The molecule has 0 radical (unpaired) electrons. The van der Waals surface area contributed by atoms with E-state index in [0.29, 0.717) is 0 Å². The molecule has 0 amide bonds. The second kappa shape index (κ2) is 5.35. The molecule has 2 N–H and O–H groups in total. The van der Waals surface area contributed by atoms with E-state index >= 15 is 0 Å². The molecule has 1 unspecified atom stereocenters. The number of benzene rings is 2. The molecular weight excluding hydrogens is 302 g/mol. The maximum Gasteiger partial charge on any atom is 0.119 e. The molecule has 0 heterocycles. The summed E-state index contributed by atoms with van der Waals surface area (Å²) >= 11 is 3.44. The van der Waals surface area contributed by atoms with Gasteiger partial charge in [-0.25, -0.2) is 0 Å². The van der Waals surface area contributed by atoms with Crippen LogP contribution in [-0.4, -0.2) is 7.11 Å². The number of methoxy groups -OCH3 is 1. The summed E-state index contributed by atoms with van der Waals surface area (Å²) in [5, 5.41) is 0. The maximum atomic E-state index is 6.55. The molecule has 0 fully saturated rings. The van der Waals surface area contributed by atoms with Crippen molar-refractivity contribution in [2.45, 2.75) is 19.4 Å². The summed E-state index contributed by atoms with van der Waals surface area (Å²) < 4.78 is 6.29. The average Bonchev–Trinajstić information content (AvgIpc) is 2.38. The fraction of sp³-hybridized carbons (Fsp3) is 0.250. The van der Waals surface area contributed by atoms with Gasteiger partial charge in [0, 0.05) is 4.47 Å². The van der Waals surface area contributed by atoms with Gasteiger partial charge in [-0.1, -0.05) is 34.1 Å². The highest BCUT2D eigenvalue weighted by Crippen LogP contribution is 2.31. The largest absolute Gasteiger partial charge is 0.497 e. The van der Waals surface area contributed by atoms with Crippen molar-refractivity contribution >= 4 is 15.9 Å². The first-order valence-corrected chi connectivity index (χ1v) is 6.94. The minimum Gasteiger partial charge on any atom is -0.497 e. The lowest BCUT2D eigenvalue weighted by Crippen LogP contribution is -2.35. The molecule has 0 saturated heterocycles. The van der Waals surface area contributed by atoms with Gasteiger partial charge in [0.2, 0.25) is 0 Å². The Bertz CT molecular complexity index is 576. The van der Waals surface area contributed by atoms with E-state index in [9.17, 15) is 0 Å². The van der Waals surface area contributed by atoms with Crippen LogP contribution in [0.5, 0.6) is 5.75 Å². The van der Waals surface area contributed by atoms with Gasteiger partial charge in [0.15, 0.2) is 0 Å².